The molecule has 2 N–H and O–H groups in total. The van der Waals surface area contributed by atoms with Gasteiger partial charge in [0.1, 0.15) is 6.04 Å². The second-order valence-electron chi connectivity index (χ2n) is 6.77. The molecule has 2 heterocycles. The summed E-state index contributed by atoms with van der Waals surface area (Å²) in [5.74, 6) is 0.294. The molecule has 0 saturated heterocycles. The average Bonchev–Trinajstić information content (AvgIpc) is 2.90. The van der Waals surface area contributed by atoms with E-state index in [1.54, 1.807) is 6.20 Å². The molecule has 0 aliphatic carbocycles. The molecule has 0 radical (unpaired) electrons. The number of nitrogens with one attached hydrogen (secondary N) is 2. The fourth-order valence-corrected chi connectivity index (χ4v) is 2.72. The lowest BCUT2D eigenvalue weighted by atomic mass is 10.00. The zero-order valence-electron chi connectivity index (χ0n) is 13.8. The zero-order valence-corrected chi connectivity index (χ0v) is 13.8. The van der Waals surface area contributed by atoms with Crippen LogP contribution in [0.4, 0.5) is 0 Å². The van der Waals surface area contributed by atoms with Crippen LogP contribution in [0.1, 0.15) is 45.4 Å². The standard InChI is InChI=1S/C16H26N4O2/c1-10(2)7-14(21)18-15(11(3)4)16(22)20-6-5-13-12(9-20)8-17-19-13/h8,10-11,15H,5-7,9H2,1-4H3,(H,17,19)(H,18,21). The van der Waals surface area contributed by atoms with E-state index in [1.165, 1.54) is 0 Å². The van der Waals surface area contributed by atoms with Gasteiger partial charge in [-0.2, -0.15) is 5.10 Å². The van der Waals surface area contributed by atoms with Crippen molar-refractivity contribution in [1.29, 1.82) is 0 Å². The summed E-state index contributed by atoms with van der Waals surface area (Å²) in [4.78, 5) is 26.6. The summed E-state index contributed by atoms with van der Waals surface area (Å²) in [7, 11) is 0. The van der Waals surface area contributed by atoms with E-state index in [4.69, 9.17) is 0 Å². The molecular formula is C16H26N4O2. The zero-order chi connectivity index (χ0) is 16.3. The van der Waals surface area contributed by atoms with E-state index in [9.17, 15) is 9.59 Å². The van der Waals surface area contributed by atoms with E-state index in [2.05, 4.69) is 15.5 Å². The van der Waals surface area contributed by atoms with Gasteiger partial charge >= 0.3 is 0 Å². The van der Waals surface area contributed by atoms with Crippen molar-refractivity contribution in [2.45, 2.75) is 53.1 Å². The first-order chi connectivity index (χ1) is 10.4. The number of hydrogen-bond donors (Lipinski definition) is 2. The first-order valence-electron chi connectivity index (χ1n) is 7.97. The van der Waals surface area contributed by atoms with Gasteiger partial charge in [0.25, 0.3) is 0 Å². The Balaban J connectivity index is 2.02. The number of carbonyl (C=O) groups excluding carboxylic acids is 2. The number of carbonyl (C=O) groups is 2. The van der Waals surface area contributed by atoms with E-state index in [-0.39, 0.29) is 23.7 Å². The van der Waals surface area contributed by atoms with E-state index in [0.29, 0.717) is 19.5 Å². The molecule has 122 valence electrons. The quantitative estimate of drug-likeness (QED) is 0.865. The minimum atomic E-state index is -0.459. The summed E-state index contributed by atoms with van der Waals surface area (Å²) in [5, 5.41) is 9.90. The Morgan fingerprint density at radius 2 is 2.09 bits per heavy atom. The predicted molar refractivity (Wildman–Crippen MR) is 83.9 cm³/mol. The molecule has 2 amide bonds. The second kappa shape index (κ2) is 6.94. The number of nitrogens with zero attached hydrogens (tertiary/aromatic N) is 2. The smallest absolute Gasteiger partial charge is 0.245 e. The van der Waals surface area contributed by atoms with Crippen LogP contribution in [0.2, 0.25) is 0 Å². The monoisotopic (exact) mass is 306 g/mol. The van der Waals surface area contributed by atoms with Gasteiger partial charge in [-0.05, 0) is 11.8 Å². The molecule has 1 unspecified atom stereocenters. The van der Waals surface area contributed by atoms with E-state index >= 15 is 0 Å². The van der Waals surface area contributed by atoms with Crippen molar-refractivity contribution < 1.29 is 9.59 Å². The summed E-state index contributed by atoms with van der Waals surface area (Å²) >= 11 is 0. The summed E-state index contributed by atoms with van der Waals surface area (Å²) in [6.07, 6.45) is 3.00. The molecule has 1 aromatic heterocycles. The Kier molecular flexibility index (Phi) is 5.21. The summed E-state index contributed by atoms with van der Waals surface area (Å²) in [6.45, 7) is 9.15. The Labute approximate surface area is 131 Å². The number of aromatic nitrogens is 2. The third kappa shape index (κ3) is 3.87. The lowest BCUT2D eigenvalue weighted by Gasteiger charge is -2.32. The SMILES string of the molecule is CC(C)CC(=O)NC(C(=O)N1CCc2[nH]ncc2C1)C(C)C. The van der Waals surface area contributed by atoms with Crippen LogP contribution >= 0.6 is 0 Å². The van der Waals surface area contributed by atoms with Crippen LogP contribution in [0, 0.1) is 11.8 Å². The number of H-pyrrole nitrogens is 1. The van der Waals surface area contributed by atoms with E-state index in [0.717, 1.165) is 17.7 Å². The van der Waals surface area contributed by atoms with Gasteiger partial charge in [-0.3, -0.25) is 14.7 Å². The number of hydrogen-bond acceptors (Lipinski definition) is 3. The minimum absolute atomic E-state index is 0.000967. The van der Waals surface area contributed by atoms with Crippen molar-refractivity contribution >= 4 is 11.8 Å². The lowest BCUT2D eigenvalue weighted by Crippen LogP contribution is -2.52. The lowest BCUT2D eigenvalue weighted by molar-refractivity contribution is -0.138. The first kappa shape index (κ1) is 16.5. The van der Waals surface area contributed by atoms with Crippen molar-refractivity contribution in [2.24, 2.45) is 11.8 Å². The molecule has 0 aromatic carbocycles. The molecule has 1 aliphatic rings. The van der Waals surface area contributed by atoms with Gasteiger partial charge in [-0.1, -0.05) is 27.7 Å². The van der Waals surface area contributed by atoms with Crippen molar-refractivity contribution in [3.63, 3.8) is 0 Å². The summed E-state index contributed by atoms with van der Waals surface area (Å²) in [6, 6.07) is -0.459. The highest BCUT2D eigenvalue weighted by molar-refractivity contribution is 5.88. The molecule has 6 nitrogen and oxygen atoms in total. The number of aromatic amines is 1. The largest absolute Gasteiger partial charge is 0.344 e. The van der Waals surface area contributed by atoms with Gasteiger partial charge in [0, 0.05) is 37.2 Å². The Morgan fingerprint density at radius 3 is 2.73 bits per heavy atom. The maximum Gasteiger partial charge on any atom is 0.245 e. The molecule has 2 rings (SSSR count). The normalized spacial score (nSPS) is 15.8. The van der Waals surface area contributed by atoms with Crippen LogP contribution in [0.5, 0.6) is 0 Å². The topological polar surface area (TPSA) is 78.1 Å². The Bertz CT molecular complexity index is 536. The highest BCUT2D eigenvalue weighted by atomic mass is 16.2. The number of rotatable bonds is 5. The third-order valence-corrected chi connectivity index (χ3v) is 3.95. The first-order valence-corrected chi connectivity index (χ1v) is 7.97. The van der Waals surface area contributed by atoms with Gasteiger partial charge < -0.3 is 10.2 Å². The van der Waals surface area contributed by atoms with Crippen molar-refractivity contribution in [3.05, 3.63) is 17.5 Å². The molecule has 22 heavy (non-hydrogen) atoms. The highest BCUT2D eigenvalue weighted by Crippen LogP contribution is 2.18. The van der Waals surface area contributed by atoms with Gasteiger partial charge in [0.05, 0.1) is 6.20 Å². The summed E-state index contributed by atoms with van der Waals surface area (Å²) < 4.78 is 0. The Hall–Kier alpha value is -1.85. The molecule has 0 spiro atoms. The average molecular weight is 306 g/mol. The van der Waals surface area contributed by atoms with Crippen molar-refractivity contribution in [3.8, 4) is 0 Å². The molecule has 0 saturated carbocycles. The highest BCUT2D eigenvalue weighted by Gasteiger charge is 2.31. The van der Waals surface area contributed by atoms with E-state index in [1.807, 2.05) is 32.6 Å². The van der Waals surface area contributed by atoms with Crippen LogP contribution in [0.3, 0.4) is 0 Å². The minimum Gasteiger partial charge on any atom is -0.344 e. The third-order valence-electron chi connectivity index (χ3n) is 3.95. The fraction of sp³-hybridized carbons (Fsp3) is 0.688. The van der Waals surface area contributed by atoms with Gasteiger partial charge in [-0.25, -0.2) is 0 Å². The second-order valence-corrected chi connectivity index (χ2v) is 6.77. The Morgan fingerprint density at radius 1 is 1.36 bits per heavy atom. The maximum absolute atomic E-state index is 12.8. The number of amides is 2. The molecule has 1 aromatic rings. The van der Waals surface area contributed by atoms with Gasteiger partial charge in [0.2, 0.25) is 11.8 Å². The molecule has 1 aliphatic heterocycles. The molecular weight excluding hydrogens is 280 g/mol. The molecule has 0 bridgehead atoms. The van der Waals surface area contributed by atoms with Crippen LogP contribution in [0.15, 0.2) is 6.20 Å². The van der Waals surface area contributed by atoms with Crippen LogP contribution in [-0.4, -0.2) is 39.5 Å². The predicted octanol–water partition coefficient (Wildman–Crippen LogP) is 1.48. The van der Waals surface area contributed by atoms with E-state index < -0.39 is 6.04 Å². The van der Waals surface area contributed by atoms with Crippen LogP contribution in [-0.2, 0) is 22.6 Å². The fourth-order valence-electron chi connectivity index (χ4n) is 2.72. The van der Waals surface area contributed by atoms with Crippen molar-refractivity contribution in [1.82, 2.24) is 20.4 Å². The molecule has 1 atom stereocenters. The molecule has 0 fully saturated rings. The summed E-state index contributed by atoms with van der Waals surface area (Å²) in [5.41, 5.74) is 2.17. The number of fused-ring (bicyclic) bond motifs is 1. The van der Waals surface area contributed by atoms with Crippen molar-refractivity contribution in [2.75, 3.05) is 6.54 Å². The van der Waals surface area contributed by atoms with Crippen LogP contribution in [0.25, 0.3) is 0 Å². The maximum atomic E-state index is 12.8. The molecule has 6 heteroatoms. The van der Waals surface area contributed by atoms with Gasteiger partial charge in [-0.15, -0.1) is 0 Å². The van der Waals surface area contributed by atoms with Crippen LogP contribution < -0.4 is 5.32 Å². The van der Waals surface area contributed by atoms with Gasteiger partial charge in [0.15, 0.2) is 0 Å².